The maximum Gasteiger partial charge on any atom is 0.386 e. The minimum atomic E-state index is -0.946. The second-order valence-electron chi connectivity index (χ2n) is 2.43. The number of rotatable bonds is 4. The maximum absolute atomic E-state index is 5.42. The summed E-state index contributed by atoms with van der Waals surface area (Å²) in [5.74, 6) is 0. The largest absolute Gasteiger partial charge is 0.393 e. The predicted octanol–water partition coefficient (Wildman–Crippen LogP) is 1.30. The summed E-state index contributed by atoms with van der Waals surface area (Å²) in [5.41, 5.74) is 0. The Balaban J connectivity index is 1.96. The Hall–Kier alpha value is 0.0969. The summed E-state index contributed by atoms with van der Waals surface area (Å²) in [6, 6.07) is 1.11. The van der Waals surface area contributed by atoms with Gasteiger partial charge in [-0.2, -0.15) is 0 Å². The molecule has 0 unspecified atom stereocenters. The molecule has 11 heavy (non-hydrogen) atoms. The SMILES string of the molecule is CCOCO[Si]1CCCCO1. The number of ether oxygens (including phenoxy) is 1. The van der Waals surface area contributed by atoms with Gasteiger partial charge in [0.15, 0.2) is 0 Å². The average molecular weight is 175 g/mol. The van der Waals surface area contributed by atoms with Crippen LogP contribution in [0.15, 0.2) is 0 Å². The molecule has 1 heterocycles. The van der Waals surface area contributed by atoms with E-state index in [1.54, 1.807) is 0 Å². The van der Waals surface area contributed by atoms with Gasteiger partial charge in [-0.15, -0.1) is 0 Å². The molecule has 65 valence electrons. The second-order valence-corrected chi connectivity index (χ2v) is 4.25. The van der Waals surface area contributed by atoms with Crippen LogP contribution in [0.4, 0.5) is 0 Å². The summed E-state index contributed by atoms with van der Waals surface area (Å²) < 4.78 is 15.9. The van der Waals surface area contributed by atoms with Crippen molar-refractivity contribution in [2.75, 3.05) is 20.0 Å². The van der Waals surface area contributed by atoms with Crippen LogP contribution in [0.3, 0.4) is 0 Å². The monoisotopic (exact) mass is 175 g/mol. The lowest BCUT2D eigenvalue weighted by atomic mass is 10.4. The molecule has 0 aromatic carbocycles. The van der Waals surface area contributed by atoms with E-state index in [0.717, 1.165) is 19.3 Å². The first kappa shape index (κ1) is 9.19. The van der Waals surface area contributed by atoms with Crippen molar-refractivity contribution >= 4 is 9.28 Å². The van der Waals surface area contributed by atoms with Gasteiger partial charge in [-0.1, -0.05) is 0 Å². The van der Waals surface area contributed by atoms with Crippen LogP contribution < -0.4 is 0 Å². The Bertz CT molecular complexity index is 93.7. The van der Waals surface area contributed by atoms with Gasteiger partial charge in [0.25, 0.3) is 0 Å². The smallest absolute Gasteiger partial charge is 0.386 e. The molecule has 1 aliphatic rings. The standard InChI is InChI=1S/C7H15O3Si/c1-2-8-7-10-11-6-4-3-5-9-11/h2-7H2,1H3. The quantitative estimate of drug-likeness (QED) is 0.366. The van der Waals surface area contributed by atoms with Gasteiger partial charge in [0.2, 0.25) is 0 Å². The third kappa shape index (κ3) is 3.86. The van der Waals surface area contributed by atoms with Gasteiger partial charge in [0, 0.05) is 13.2 Å². The summed E-state index contributed by atoms with van der Waals surface area (Å²) in [6.07, 6.45) is 2.44. The van der Waals surface area contributed by atoms with E-state index in [0.29, 0.717) is 6.79 Å². The third-order valence-electron chi connectivity index (χ3n) is 1.55. The Morgan fingerprint density at radius 3 is 3.00 bits per heavy atom. The van der Waals surface area contributed by atoms with E-state index in [9.17, 15) is 0 Å². The Labute approximate surface area is 69.5 Å². The molecule has 1 fully saturated rings. The molecular formula is C7H15O3Si. The molecule has 0 aliphatic carbocycles. The van der Waals surface area contributed by atoms with Crippen molar-refractivity contribution in [3.8, 4) is 0 Å². The van der Waals surface area contributed by atoms with E-state index in [1.807, 2.05) is 6.92 Å². The second kappa shape index (κ2) is 5.71. The molecule has 0 aromatic heterocycles. The van der Waals surface area contributed by atoms with Gasteiger partial charge < -0.3 is 13.6 Å². The molecule has 0 bridgehead atoms. The number of hydrogen-bond donors (Lipinski definition) is 0. The van der Waals surface area contributed by atoms with Crippen LogP contribution in [0.5, 0.6) is 0 Å². The van der Waals surface area contributed by atoms with Crippen LogP contribution in [0.2, 0.25) is 6.04 Å². The lowest BCUT2D eigenvalue weighted by molar-refractivity contribution is 0.00138. The van der Waals surface area contributed by atoms with Crippen molar-refractivity contribution in [2.45, 2.75) is 25.8 Å². The first-order valence-corrected chi connectivity index (χ1v) is 5.65. The van der Waals surface area contributed by atoms with Crippen molar-refractivity contribution in [1.82, 2.24) is 0 Å². The van der Waals surface area contributed by atoms with Crippen molar-refractivity contribution in [2.24, 2.45) is 0 Å². The van der Waals surface area contributed by atoms with E-state index in [2.05, 4.69) is 0 Å². The molecule has 1 aliphatic heterocycles. The van der Waals surface area contributed by atoms with E-state index in [1.165, 1.54) is 12.8 Å². The van der Waals surface area contributed by atoms with Gasteiger partial charge in [-0.3, -0.25) is 0 Å². The van der Waals surface area contributed by atoms with E-state index in [4.69, 9.17) is 13.6 Å². The fourth-order valence-electron chi connectivity index (χ4n) is 0.934. The molecule has 0 N–H and O–H groups in total. The summed E-state index contributed by atoms with van der Waals surface area (Å²) in [6.45, 7) is 3.96. The summed E-state index contributed by atoms with van der Waals surface area (Å²) in [4.78, 5) is 0. The first-order chi connectivity index (χ1) is 5.43. The lowest BCUT2D eigenvalue weighted by Crippen LogP contribution is -2.27. The molecule has 4 heteroatoms. The van der Waals surface area contributed by atoms with E-state index >= 15 is 0 Å². The highest BCUT2D eigenvalue weighted by Gasteiger charge is 2.18. The molecule has 0 saturated carbocycles. The van der Waals surface area contributed by atoms with Crippen LogP contribution in [-0.2, 0) is 13.6 Å². The zero-order chi connectivity index (χ0) is 7.94. The highest BCUT2D eigenvalue weighted by molar-refractivity contribution is 6.44. The third-order valence-corrected chi connectivity index (χ3v) is 3.27. The summed E-state index contributed by atoms with van der Waals surface area (Å²) in [5, 5.41) is 0. The average Bonchev–Trinajstić information content (AvgIpc) is 2.07. The predicted molar refractivity (Wildman–Crippen MR) is 43.3 cm³/mol. The highest BCUT2D eigenvalue weighted by Crippen LogP contribution is 2.11. The van der Waals surface area contributed by atoms with Gasteiger partial charge >= 0.3 is 9.28 Å². The molecule has 0 atom stereocenters. The first-order valence-electron chi connectivity index (χ1n) is 4.12. The molecule has 0 amide bonds. The molecular weight excluding hydrogens is 160 g/mol. The van der Waals surface area contributed by atoms with Crippen molar-refractivity contribution in [3.63, 3.8) is 0 Å². The van der Waals surface area contributed by atoms with Crippen LogP contribution in [0.25, 0.3) is 0 Å². The molecule has 1 saturated heterocycles. The number of hydrogen-bond acceptors (Lipinski definition) is 3. The normalized spacial score (nSPS) is 20.5. The van der Waals surface area contributed by atoms with Gasteiger partial charge in [-0.05, 0) is 25.8 Å². The zero-order valence-electron chi connectivity index (χ0n) is 6.97. The Kier molecular flexibility index (Phi) is 4.77. The fourth-order valence-corrected chi connectivity index (χ4v) is 2.43. The molecule has 1 radical (unpaired) electrons. The maximum atomic E-state index is 5.42. The molecule has 0 aromatic rings. The molecule has 0 spiro atoms. The lowest BCUT2D eigenvalue weighted by Gasteiger charge is -2.19. The summed E-state index contributed by atoms with van der Waals surface area (Å²) >= 11 is 0. The van der Waals surface area contributed by atoms with Crippen molar-refractivity contribution < 1.29 is 13.6 Å². The van der Waals surface area contributed by atoms with Crippen LogP contribution in [-0.4, -0.2) is 29.3 Å². The van der Waals surface area contributed by atoms with Crippen LogP contribution >= 0.6 is 0 Å². The minimum absolute atomic E-state index is 0.408. The van der Waals surface area contributed by atoms with Crippen molar-refractivity contribution in [3.05, 3.63) is 0 Å². The Morgan fingerprint density at radius 2 is 2.36 bits per heavy atom. The van der Waals surface area contributed by atoms with Gasteiger partial charge in [0.1, 0.15) is 6.79 Å². The van der Waals surface area contributed by atoms with Crippen LogP contribution in [0.1, 0.15) is 19.8 Å². The topological polar surface area (TPSA) is 27.7 Å². The molecule has 3 nitrogen and oxygen atoms in total. The van der Waals surface area contributed by atoms with Gasteiger partial charge in [0.05, 0.1) is 0 Å². The van der Waals surface area contributed by atoms with Crippen molar-refractivity contribution in [1.29, 1.82) is 0 Å². The zero-order valence-corrected chi connectivity index (χ0v) is 7.97. The van der Waals surface area contributed by atoms with E-state index in [-0.39, 0.29) is 0 Å². The fraction of sp³-hybridized carbons (Fsp3) is 1.00. The molecule has 1 rings (SSSR count). The minimum Gasteiger partial charge on any atom is -0.393 e. The van der Waals surface area contributed by atoms with E-state index < -0.39 is 9.28 Å². The van der Waals surface area contributed by atoms with Gasteiger partial charge in [-0.25, -0.2) is 0 Å². The highest BCUT2D eigenvalue weighted by atomic mass is 28.3. The van der Waals surface area contributed by atoms with Crippen LogP contribution in [0, 0.1) is 0 Å². The summed E-state index contributed by atoms with van der Waals surface area (Å²) in [7, 11) is -0.946. The Morgan fingerprint density at radius 1 is 1.45 bits per heavy atom.